The third-order valence-corrected chi connectivity index (χ3v) is 9.02. The molecule has 1 atom stereocenters. The van der Waals surface area contributed by atoms with Gasteiger partial charge in [-0.2, -0.15) is 31.4 Å². The summed E-state index contributed by atoms with van der Waals surface area (Å²) < 4.78 is 93.2. The SMILES string of the molecule is CC(CO/C=C/C(=O)N1CCN(c2ncc(C(F)(F)F)cn2)CC1)n1cc(C(F)(F)F)c2c(=O)n(COCC[Si](C)(C)C)ncc21. The van der Waals surface area contributed by atoms with E-state index in [1.807, 2.05) is 0 Å². The molecule has 0 saturated carbocycles. The first-order valence-electron chi connectivity index (χ1n) is 14.4. The summed E-state index contributed by atoms with van der Waals surface area (Å²) in [6.07, 6.45) is -3.56. The molecule has 4 heterocycles. The van der Waals surface area contributed by atoms with Gasteiger partial charge in [0.05, 0.1) is 40.5 Å². The number of hydrogen-bond acceptors (Lipinski definition) is 8. The summed E-state index contributed by atoms with van der Waals surface area (Å²) >= 11 is 0. The Balaban J connectivity index is 1.34. The number of rotatable bonds is 11. The molecule has 1 amide bonds. The summed E-state index contributed by atoms with van der Waals surface area (Å²) in [5.74, 6) is -0.262. The van der Waals surface area contributed by atoms with Gasteiger partial charge in [-0.1, -0.05) is 19.6 Å². The van der Waals surface area contributed by atoms with Crippen LogP contribution in [0, 0.1) is 0 Å². The van der Waals surface area contributed by atoms with Gasteiger partial charge >= 0.3 is 12.4 Å². The third-order valence-electron chi connectivity index (χ3n) is 7.31. The Hall–Kier alpha value is -3.93. The highest BCUT2D eigenvalue weighted by atomic mass is 28.3. The van der Waals surface area contributed by atoms with Crippen molar-refractivity contribution in [3.8, 4) is 0 Å². The van der Waals surface area contributed by atoms with Gasteiger partial charge in [0, 0.05) is 65.5 Å². The molecular formula is C28H35F6N7O4Si. The molecule has 4 rings (SSSR count). The van der Waals surface area contributed by atoms with Crippen molar-refractivity contribution in [1.29, 1.82) is 0 Å². The van der Waals surface area contributed by atoms with Crippen LogP contribution in [-0.4, -0.2) is 82.6 Å². The molecule has 0 N–H and O–H groups in total. The van der Waals surface area contributed by atoms with E-state index in [1.54, 1.807) is 11.8 Å². The van der Waals surface area contributed by atoms with Crippen molar-refractivity contribution in [2.45, 2.75) is 57.7 Å². The maximum Gasteiger partial charge on any atom is 0.419 e. The molecule has 0 aliphatic carbocycles. The summed E-state index contributed by atoms with van der Waals surface area (Å²) in [5.41, 5.74) is -2.98. The topological polar surface area (TPSA) is 108 Å². The maximum atomic E-state index is 14.0. The molecule has 3 aromatic rings. The van der Waals surface area contributed by atoms with Crippen LogP contribution in [0.3, 0.4) is 0 Å². The Morgan fingerprint density at radius 1 is 1.02 bits per heavy atom. The molecule has 1 unspecified atom stereocenters. The highest BCUT2D eigenvalue weighted by Gasteiger charge is 2.37. The lowest BCUT2D eigenvalue weighted by Gasteiger charge is -2.34. The number of piperazine rings is 1. The quantitative estimate of drug-likeness (QED) is 0.0941. The van der Waals surface area contributed by atoms with Crippen LogP contribution in [0.15, 0.2) is 41.9 Å². The Morgan fingerprint density at radius 3 is 2.26 bits per heavy atom. The summed E-state index contributed by atoms with van der Waals surface area (Å²) in [6.45, 7) is 9.15. The standard InChI is InChI=1S/C28H35F6N7O4Si/c1-19(17-44-10-5-23(42)38-6-8-39(9-7-38)26-35-13-20(14-36-26)27(29,30)31)40-16-21(28(32,33)34)24-22(40)15-37-41(25(24)43)18-45-11-12-46(2,3)4/h5,10,13-16,19H,6-9,11-12,17-18H2,1-4H3/b10-5+. The van der Waals surface area contributed by atoms with Crippen molar-refractivity contribution in [2.75, 3.05) is 44.3 Å². The van der Waals surface area contributed by atoms with E-state index in [0.29, 0.717) is 32.1 Å². The van der Waals surface area contributed by atoms with Crippen LogP contribution in [0.5, 0.6) is 0 Å². The molecular weight excluding hydrogens is 640 g/mol. The molecule has 1 fully saturated rings. The second-order valence-corrected chi connectivity index (χ2v) is 17.7. The first-order chi connectivity index (χ1) is 21.5. The van der Waals surface area contributed by atoms with Crippen LogP contribution in [0.2, 0.25) is 25.7 Å². The normalized spacial score (nSPS) is 15.6. The highest BCUT2D eigenvalue weighted by Crippen LogP contribution is 2.35. The van der Waals surface area contributed by atoms with Crippen molar-refractivity contribution in [2.24, 2.45) is 0 Å². The number of halogens is 6. The van der Waals surface area contributed by atoms with E-state index in [2.05, 4.69) is 34.7 Å². The van der Waals surface area contributed by atoms with E-state index < -0.39 is 48.5 Å². The fraction of sp³-hybridized carbons (Fsp3) is 0.536. The molecule has 46 heavy (non-hydrogen) atoms. The molecule has 1 aliphatic heterocycles. The number of hydrogen-bond donors (Lipinski definition) is 0. The molecule has 0 spiro atoms. The number of ether oxygens (including phenoxy) is 2. The maximum absolute atomic E-state index is 14.0. The van der Waals surface area contributed by atoms with E-state index in [0.717, 1.165) is 23.2 Å². The number of carbonyl (C=O) groups is 1. The largest absolute Gasteiger partial charge is 0.499 e. The van der Waals surface area contributed by atoms with Gasteiger partial charge < -0.3 is 23.8 Å². The summed E-state index contributed by atoms with van der Waals surface area (Å²) in [5, 5.41) is 3.51. The summed E-state index contributed by atoms with van der Waals surface area (Å²) in [6, 6.07) is 0.152. The van der Waals surface area contributed by atoms with Crippen LogP contribution in [0.25, 0.3) is 10.9 Å². The summed E-state index contributed by atoms with van der Waals surface area (Å²) in [7, 11) is -1.40. The number of fused-ring (bicyclic) bond motifs is 1. The van der Waals surface area contributed by atoms with Gasteiger partial charge in [0.2, 0.25) is 11.9 Å². The van der Waals surface area contributed by atoms with E-state index >= 15 is 0 Å². The third kappa shape index (κ3) is 8.65. The average Bonchev–Trinajstić information content (AvgIpc) is 3.39. The number of anilines is 1. The fourth-order valence-corrected chi connectivity index (χ4v) is 5.40. The molecule has 0 bridgehead atoms. The Kier molecular flexibility index (Phi) is 10.5. The molecule has 0 aromatic carbocycles. The number of alkyl halides is 6. The number of amides is 1. The van der Waals surface area contributed by atoms with Crippen molar-refractivity contribution in [3.63, 3.8) is 0 Å². The lowest BCUT2D eigenvalue weighted by Crippen LogP contribution is -2.48. The van der Waals surface area contributed by atoms with E-state index in [4.69, 9.17) is 9.47 Å². The van der Waals surface area contributed by atoms with Gasteiger partial charge in [-0.05, 0) is 13.0 Å². The second kappa shape index (κ2) is 13.8. The minimum absolute atomic E-state index is 0.0123. The van der Waals surface area contributed by atoms with Crippen molar-refractivity contribution < 1.29 is 40.6 Å². The van der Waals surface area contributed by atoms with Crippen LogP contribution in [0.4, 0.5) is 32.3 Å². The van der Waals surface area contributed by atoms with Gasteiger partial charge in [0.1, 0.15) is 13.3 Å². The van der Waals surface area contributed by atoms with E-state index in [1.165, 1.54) is 21.7 Å². The summed E-state index contributed by atoms with van der Waals surface area (Å²) in [4.78, 5) is 36.4. The zero-order valence-corrected chi connectivity index (χ0v) is 26.7. The second-order valence-electron chi connectivity index (χ2n) is 12.1. The predicted molar refractivity (Wildman–Crippen MR) is 159 cm³/mol. The van der Waals surface area contributed by atoms with E-state index in [9.17, 15) is 35.9 Å². The van der Waals surface area contributed by atoms with Crippen LogP contribution < -0.4 is 10.5 Å². The molecule has 252 valence electrons. The average molecular weight is 676 g/mol. The molecule has 3 aromatic heterocycles. The first kappa shape index (κ1) is 34.9. The number of nitrogens with zero attached hydrogens (tertiary/aromatic N) is 7. The Labute approximate surface area is 261 Å². The lowest BCUT2D eigenvalue weighted by molar-refractivity contribution is -0.138. The van der Waals surface area contributed by atoms with Gasteiger partial charge in [0.15, 0.2) is 0 Å². The molecule has 1 aliphatic rings. The number of carbonyl (C=O) groups excluding carboxylic acids is 1. The smallest absolute Gasteiger partial charge is 0.419 e. The Bertz CT molecular complexity index is 1590. The van der Waals surface area contributed by atoms with Gasteiger partial charge in [-0.15, -0.1) is 0 Å². The first-order valence-corrected chi connectivity index (χ1v) is 18.1. The minimum Gasteiger partial charge on any atom is -0.499 e. The minimum atomic E-state index is -4.80. The van der Waals surface area contributed by atoms with Gasteiger partial charge in [-0.3, -0.25) is 9.59 Å². The van der Waals surface area contributed by atoms with Crippen LogP contribution in [-0.2, 0) is 33.4 Å². The van der Waals surface area contributed by atoms with Crippen LogP contribution in [0.1, 0.15) is 24.1 Å². The molecule has 18 heteroatoms. The Morgan fingerprint density at radius 2 is 1.67 bits per heavy atom. The van der Waals surface area contributed by atoms with Crippen molar-refractivity contribution in [1.82, 2.24) is 29.2 Å². The molecule has 1 saturated heterocycles. The zero-order chi connectivity index (χ0) is 33.9. The predicted octanol–water partition coefficient (Wildman–Crippen LogP) is 4.78. The van der Waals surface area contributed by atoms with Gasteiger partial charge in [0.25, 0.3) is 5.56 Å². The van der Waals surface area contributed by atoms with E-state index in [-0.39, 0.29) is 43.8 Å². The highest BCUT2D eigenvalue weighted by molar-refractivity contribution is 6.76. The van der Waals surface area contributed by atoms with Crippen molar-refractivity contribution in [3.05, 3.63) is 58.6 Å². The number of aromatic nitrogens is 5. The van der Waals surface area contributed by atoms with Crippen molar-refractivity contribution >= 4 is 30.8 Å². The van der Waals surface area contributed by atoms with Gasteiger partial charge in [-0.25, -0.2) is 14.6 Å². The zero-order valence-electron chi connectivity index (χ0n) is 25.7. The monoisotopic (exact) mass is 675 g/mol. The lowest BCUT2D eigenvalue weighted by atomic mass is 10.2. The molecule has 11 nitrogen and oxygen atoms in total. The fourth-order valence-electron chi connectivity index (χ4n) is 4.65. The van der Waals surface area contributed by atoms with Crippen LogP contribution >= 0.6 is 0 Å². The molecule has 0 radical (unpaired) electrons.